The van der Waals surface area contributed by atoms with Gasteiger partial charge in [-0.15, -0.1) is 0 Å². The van der Waals surface area contributed by atoms with E-state index < -0.39 is 0 Å². The number of likely N-dealkylation sites (N-methyl/N-ethyl adjacent to an activating group) is 1. The van der Waals surface area contributed by atoms with Crippen LogP contribution < -0.4 is 4.74 Å². The Morgan fingerprint density at radius 2 is 2.27 bits per heavy atom. The van der Waals surface area contributed by atoms with E-state index in [0.29, 0.717) is 24.0 Å². The summed E-state index contributed by atoms with van der Waals surface area (Å²) in [6.45, 7) is 6.58. The number of ether oxygens (including phenoxy) is 1. The van der Waals surface area contributed by atoms with Gasteiger partial charge in [-0.1, -0.05) is 5.16 Å². The third kappa shape index (κ3) is 3.30. The summed E-state index contributed by atoms with van der Waals surface area (Å²) in [4.78, 5) is 9.06. The molecule has 0 unspecified atom stereocenters. The molecule has 26 heavy (non-hydrogen) atoms. The minimum absolute atomic E-state index is 0.255. The molecule has 2 aliphatic heterocycles. The number of hydrogen-bond donors (Lipinski definition) is 0. The Kier molecular flexibility index (Phi) is 4.39. The van der Waals surface area contributed by atoms with Crippen LogP contribution in [0.25, 0.3) is 0 Å². The third-order valence-electron chi connectivity index (χ3n) is 5.44. The topological polar surface area (TPSA) is 78.4 Å². The van der Waals surface area contributed by atoms with Gasteiger partial charge in [0.05, 0.1) is 17.9 Å². The quantitative estimate of drug-likeness (QED) is 0.811. The monoisotopic (exact) mass is 353 g/mol. The molecule has 2 fully saturated rings. The molecule has 7 nitrogen and oxygen atoms in total. The second-order valence-electron chi connectivity index (χ2n) is 7.56. The highest BCUT2D eigenvalue weighted by Crippen LogP contribution is 2.40. The summed E-state index contributed by atoms with van der Waals surface area (Å²) in [5.41, 5.74) is 1.81. The van der Waals surface area contributed by atoms with Crippen LogP contribution in [-0.4, -0.2) is 58.8 Å². The summed E-state index contributed by atoms with van der Waals surface area (Å²) in [6, 6.07) is 7.57. The predicted molar refractivity (Wildman–Crippen MR) is 94.4 cm³/mol. The van der Waals surface area contributed by atoms with Gasteiger partial charge in [0.2, 0.25) is 5.88 Å². The fourth-order valence-electron chi connectivity index (χ4n) is 4.18. The summed E-state index contributed by atoms with van der Waals surface area (Å²) in [7, 11) is 2.21. The SMILES string of the molecule is Cc1cc(CN2CC3(C[C@@H](COc4ccc(C#N)cn4)CN3C)C2)no1. The fourth-order valence-corrected chi connectivity index (χ4v) is 4.18. The molecule has 0 aliphatic carbocycles. The first-order chi connectivity index (χ1) is 12.6. The first-order valence-electron chi connectivity index (χ1n) is 8.91. The molecular formula is C19H23N5O2. The van der Waals surface area contributed by atoms with Gasteiger partial charge >= 0.3 is 0 Å². The number of nitrogens with zero attached hydrogens (tertiary/aromatic N) is 5. The first kappa shape index (κ1) is 17.0. The molecule has 7 heteroatoms. The molecule has 1 atom stereocenters. The molecule has 0 aromatic carbocycles. The van der Waals surface area contributed by atoms with Gasteiger partial charge in [0.1, 0.15) is 11.8 Å². The molecule has 2 aliphatic rings. The average Bonchev–Trinajstić information content (AvgIpc) is 3.16. The van der Waals surface area contributed by atoms with Crippen molar-refractivity contribution in [2.75, 3.05) is 33.3 Å². The Labute approximate surface area is 153 Å². The molecule has 0 saturated carbocycles. The van der Waals surface area contributed by atoms with Crippen molar-refractivity contribution in [1.29, 1.82) is 5.26 Å². The van der Waals surface area contributed by atoms with E-state index in [4.69, 9.17) is 14.5 Å². The number of rotatable bonds is 5. The van der Waals surface area contributed by atoms with Crippen molar-refractivity contribution in [3.8, 4) is 11.9 Å². The van der Waals surface area contributed by atoms with Crippen LogP contribution in [0.4, 0.5) is 0 Å². The van der Waals surface area contributed by atoms with Gasteiger partial charge in [0, 0.05) is 56.0 Å². The van der Waals surface area contributed by atoms with Gasteiger partial charge in [0.25, 0.3) is 0 Å². The van der Waals surface area contributed by atoms with Crippen LogP contribution in [0.3, 0.4) is 0 Å². The molecular weight excluding hydrogens is 330 g/mol. The maximum atomic E-state index is 8.82. The Morgan fingerprint density at radius 3 is 2.92 bits per heavy atom. The van der Waals surface area contributed by atoms with Crippen molar-refractivity contribution in [2.45, 2.75) is 25.4 Å². The van der Waals surface area contributed by atoms with Crippen molar-refractivity contribution in [3.63, 3.8) is 0 Å². The number of likely N-dealkylation sites (tertiary alicyclic amines) is 2. The van der Waals surface area contributed by atoms with Crippen LogP contribution >= 0.6 is 0 Å². The molecule has 4 heterocycles. The van der Waals surface area contributed by atoms with Crippen LogP contribution in [-0.2, 0) is 6.54 Å². The highest BCUT2D eigenvalue weighted by Gasteiger charge is 2.51. The van der Waals surface area contributed by atoms with Crippen molar-refractivity contribution >= 4 is 0 Å². The number of pyridine rings is 1. The Hall–Kier alpha value is -2.43. The van der Waals surface area contributed by atoms with Crippen molar-refractivity contribution in [2.24, 2.45) is 5.92 Å². The third-order valence-corrected chi connectivity index (χ3v) is 5.44. The van der Waals surface area contributed by atoms with Crippen molar-refractivity contribution in [3.05, 3.63) is 41.4 Å². The molecule has 4 rings (SSSR count). The van der Waals surface area contributed by atoms with E-state index in [9.17, 15) is 0 Å². The van der Waals surface area contributed by atoms with Crippen LogP contribution in [0.1, 0.15) is 23.4 Å². The van der Waals surface area contributed by atoms with Crippen LogP contribution in [0, 0.1) is 24.2 Å². The van der Waals surface area contributed by atoms with Crippen molar-refractivity contribution in [1.82, 2.24) is 19.9 Å². The van der Waals surface area contributed by atoms with E-state index in [1.54, 1.807) is 18.3 Å². The van der Waals surface area contributed by atoms with E-state index in [1.807, 2.05) is 13.0 Å². The zero-order valence-corrected chi connectivity index (χ0v) is 15.2. The van der Waals surface area contributed by atoms with Gasteiger partial charge in [-0.05, 0) is 26.5 Å². The standard InChI is InChI=1S/C19H23N5O2/c1-14-5-17(22-26-14)10-24-12-19(13-24)6-16(9-23(19)2)11-25-18-4-3-15(7-20)8-21-18/h3-5,8,16H,6,9-13H2,1-2H3/t16-/m1/s1. The summed E-state index contributed by atoms with van der Waals surface area (Å²) in [5, 5.41) is 12.9. The number of aromatic nitrogens is 2. The lowest BCUT2D eigenvalue weighted by Crippen LogP contribution is -2.66. The van der Waals surface area contributed by atoms with E-state index in [1.165, 1.54) is 0 Å². The lowest BCUT2D eigenvalue weighted by Gasteiger charge is -2.51. The van der Waals surface area contributed by atoms with Crippen molar-refractivity contribution < 1.29 is 9.26 Å². The fraction of sp³-hybridized carbons (Fsp3) is 0.526. The lowest BCUT2D eigenvalue weighted by atomic mass is 9.84. The largest absolute Gasteiger partial charge is 0.477 e. The number of aryl methyl sites for hydroxylation is 1. The maximum absolute atomic E-state index is 8.82. The summed E-state index contributed by atoms with van der Waals surface area (Å²) in [5.74, 6) is 1.94. The molecule has 0 amide bonds. The van der Waals surface area contributed by atoms with E-state index in [-0.39, 0.29) is 5.54 Å². The lowest BCUT2D eigenvalue weighted by molar-refractivity contribution is -0.0233. The summed E-state index contributed by atoms with van der Waals surface area (Å²) >= 11 is 0. The molecule has 136 valence electrons. The highest BCUT2D eigenvalue weighted by atomic mass is 16.5. The predicted octanol–water partition coefficient (Wildman–Crippen LogP) is 1.83. The van der Waals surface area contributed by atoms with Gasteiger partial charge in [-0.3, -0.25) is 9.80 Å². The van der Waals surface area contributed by atoms with E-state index >= 15 is 0 Å². The summed E-state index contributed by atoms with van der Waals surface area (Å²) in [6.07, 6.45) is 2.68. The first-order valence-corrected chi connectivity index (χ1v) is 8.91. The van der Waals surface area contributed by atoms with Gasteiger partial charge < -0.3 is 9.26 Å². The minimum Gasteiger partial charge on any atom is -0.477 e. The minimum atomic E-state index is 0.255. The molecule has 0 bridgehead atoms. The molecule has 2 aromatic rings. The van der Waals surface area contributed by atoms with E-state index in [0.717, 1.165) is 44.1 Å². The van der Waals surface area contributed by atoms with E-state index in [2.05, 4.69) is 33.1 Å². The maximum Gasteiger partial charge on any atom is 0.213 e. The van der Waals surface area contributed by atoms with Crippen LogP contribution in [0.5, 0.6) is 5.88 Å². The molecule has 1 spiro atoms. The zero-order chi connectivity index (χ0) is 18.1. The van der Waals surface area contributed by atoms with Gasteiger partial charge in [0.15, 0.2) is 0 Å². The average molecular weight is 353 g/mol. The molecule has 0 radical (unpaired) electrons. The van der Waals surface area contributed by atoms with Gasteiger partial charge in [-0.2, -0.15) is 5.26 Å². The smallest absolute Gasteiger partial charge is 0.213 e. The Balaban J connectivity index is 1.27. The Morgan fingerprint density at radius 1 is 1.42 bits per heavy atom. The normalized spacial score (nSPS) is 22.3. The second-order valence-corrected chi connectivity index (χ2v) is 7.56. The second kappa shape index (κ2) is 6.71. The number of hydrogen-bond acceptors (Lipinski definition) is 7. The molecule has 2 saturated heterocycles. The zero-order valence-electron chi connectivity index (χ0n) is 15.2. The van der Waals surface area contributed by atoms with Crippen LogP contribution in [0.2, 0.25) is 0 Å². The van der Waals surface area contributed by atoms with Gasteiger partial charge in [-0.25, -0.2) is 4.98 Å². The molecule has 0 N–H and O–H groups in total. The summed E-state index contributed by atoms with van der Waals surface area (Å²) < 4.78 is 11.0. The number of nitriles is 1. The van der Waals surface area contributed by atoms with Crippen LogP contribution in [0.15, 0.2) is 28.9 Å². The highest BCUT2D eigenvalue weighted by molar-refractivity contribution is 5.28. The molecule has 2 aromatic heterocycles. The Bertz CT molecular complexity index is 804.